The number of halogens is 2. The SMILES string of the molecule is O=C(O)C=CC(=O)c1cc(Br)ccc1Br. The van der Waals surface area contributed by atoms with E-state index in [1.807, 2.05) is 0 Å². The Balaban J connectivity index is 3.01. The molecule has 1 N–H and O–H groups in total. The predicted octanol–water partition coefficient (Wildman–Crippen LogP) is 3.04. The van der Waals surface area contributed by atoms with Crippen molar-refractivity contribution in [2.24, 2.45) is 0 Å². The van der Waals surface area contributed by atoms with Gasteiger partial charge in [-0.3, -0.25) is 4.79 Å². The van der Waals surface area contributed by atoms with E-state index in [2.05, 4.69) is 31.9 Å². The van der Waals surface area contributed by atoms with Gasteiger partial charge in [-0.2, -0.15) is 0 Å². The molecule has 78 valence electrons. The average Bonchev–Trinajstić information content (AvgIpc) is 2.18. The maximum Gasteiger partial charge on any atom is 0.328 e. The van der Waals surface area contributed by atoms with Crippen molar-refractivity contribution in [3.05, 3.63) is 44.9 Å². The first-order valence-electron chi connectivity index (χ1n) is 3.91. The summed E-state index contributed by atoms with van der Waals surface area (Å²) < 4.78 is 1.39. The minimum Gasteiger partial charge on any atom is -0.478 e. The van der Waals surface area contributed by atoms with E-state index >= 15 is 0 Å². The van der Waals surface area contributed by atoms with Crippen LogP contribution in [0.4, 0.5) is 0 Å². The second-order valence-corrected chi connectivity index (χ2v) is 4.43. The van der Waals surface area contributed by atoms with Crippen molar-refractivity contribution in [1.29, 1.82) is 0 Å². The lowest BCUT2D eigenvalue weighted by Gasteiger charge is -2.00. The van der Waals surface area contributed by atoms with Gasteiger partial charge in [-0.15, -0.1) is 0 Å². The van der Waals surface area contributed by atoms with E-state index in [4.69, 9.17) is 5.11 Å². The molecule has 1 aromatic carbocycles. The highest BCUT2D eigenvalue weighted by Gasteiger charge is 2.07. The fraction of sp³-hybridized carbons (Fsp3) is 0. The third-order valence-corrected chi connectivity index (χ3v) is 2.76. The van der Waals surface area contributed by atoms with Crippen LogP contribution in [0, 0.1) is 0 Å². The molecule has 0 aliphatic heterocycles. The summed E-state index contributed by atoms with van der Waals surface area (Å²) in [5, 5.41) is 8.37. The molecule has 0 aromatic heterocycles. The fourth-order valence-electron chi connectivity index (χ4n) is 0.923. The Kier molecular flexibility index (Phi) is 4.23. The Morgan fingerprint density at radius 1 is 1.20 bits per heavy atom. The Labute approximate surface area is 103 Å². The predicted molar refractivity (Wildman–Crippen MR) is 62.9 cm³/mol. The highest BCUT2D eigenvalue weighted by molar-refractivity contribution is 9.11. The molecule has 0 fully saturated rings. The van der Waals surface area contributed by atoms with Gasteiger partial charge in [-0.1, -0.05) is 31.9 Å². The van der Waals surface area contributed by atoms with Crippen molar-refractivity contribution in [1.82, 2.24) is 0 Å². The fourth-order valence-corrected chi connectivity index (χ4v) is 1.73. The smallest absolute Gasteiger partial charge is 0.328 e. The summed E-state index contributed by atoms with van der Waals surface area (Å²) >= 11 is 6.45. The third kappa shape index (κ3) is 3.60. The molecule has 0 radical (unpaired) electrons. The Hall–Kier alpha value is -0.940. The molecule has 0 saturated carbocycles. The van der Waals surface area contributed by atoms with Crippen LogP contribution < -0.4 is 0 Å². The van der Waals surface area contributed by atoms with Gasteiger partial charge in [0, 0.05) is 20.6 Å². The van der Waals surface area contributed by atoms with Gasteiger partial charge in [-0.25, -0.2) is 4.79 Å². The summed E-state index contributed by atoms with van der Waals surface area (Å²) in [6, 6.07) is 5.12. The second-order valence-electron chi connectivity index (χ2n) is 2.66. The molecule has 0 spiro atoms. The summed E-state index contributed by atoms with van der Waals surface area (Å²) in [4.78, 5) is 21.7. The van der Waals surface area contributed by atoms with Crippen LogP contribution in [0.15, 0.2) is 39.3 Å². The van der Waals surface area contributed by atoms with Crippen LogP contribution in [0.5, 0.6) is 0 Å². The summed E-state index contributed by atoms with van der Waals surface area (Å²) in [5.41, 5.74) is 0.418. The maximum absolute atomic E-state index is 11.5. The van der Waals surface area contributed by atoms with Gasteiger partial charge in [0.1, 0.15) is 0 Å². The number of carboxylic acids is 1. The number of hydrogen-bond donors (Lipinski definition) is 1. The van der Waals surface area contributed by atoms with Crippen LogP contribution in [-0.4, -0.2) is 16.9 Å². The summed E-state index contributed by atoms with van der Waals surface area (Å²) in [5.74, 6) is -1.50. The molecule has 5 heteroatoms. The van der Waals surface area contributed by atoms with Crippen molar-refractivity contribution < 1.29 is 14.7 Å². The molecule has 0 bridgehead atoms. The van der Waals surface area contributed by atoms with Crippen LogP contribution in [0.25, 0.3) is 0 Å². The number of ketones is 1. The van der Waals surface area contributed by atoms with Crippen LogP contribution in [0.2, 0.25) is 0 Å². The lowest BCUT2D eigenvalue weighted by molar-refractivity contribution is -0.131. The van der Waals surface area contributed by atoms with Gasteiger partial charge in [0.2, 0.25) is 0 Å². The normalized spacial score (nSPS) is 10.5. The Morgan fingerprint density at radius 2 is 1.87 bits per heavy atom. The third-order valence-electron chi connectivity index (χ3n) is 1.57. The average molecular weight is 334 g/mol. The number of benzene rings is 1. The maximum atomic E-state index is 11.5. The number of carboxylic acid groups (broad SMARTS) is 1. The number of aliphatic carboxylic acids is 1. The molecule has 0 unspecified atom stereocenters. The lowest BCUT2D eigenvalue weighted by Crippen LogP contribution is -1.97. The van der Waals surface area contributed by atoms with E-state index in [9.17, 15) is 9.59 Å². The van der Waals surface area contributed by atoms with Crippen LogP contribution in [0.3, 0.4) is 0 Å². The highest BCUT2D eigenvalue weighted by Crippen LogP contribution is 2.22. The van der Waals surface area contributed by atoms with Gasteiger partial charge >= 0.3 is 5.97 Å². The molecule has 15 heavy (non-hydrogen) atoms. The van der Waals surface area contributed by atoms with Gasteiger partial charge < -0.3 is 5.11 Å². The Morgan fingerprint density at radius 3 is 2.47 bits per heavy atom. The minimum atomic E-state index is -1.14. The molecule has 0 atom stereocenters. The molecule has 1 aromatic rings. The van der Waals surface area contributed by atoms with Crippen molar-refractivity contribution in [3.8, 4) is 0 Å². The molecule has 0 saturated heterocycles. The number of carbonyl (C=O) groups excluding carboxylic acids is 1. The van der Waals surface area contributed by atoms with Crippen LogP contribution in [-0.2, 0) is 4.79 Å². The van der Waals surface area contributed by atoms with E-state index < -0.39 is 5.97 Å². The second kappa shape index (κ2) is 5.23. The topological polar surface area (TPSA) is 54.4 Å². The molecule has 1 rings (SSSR count). The van der Waals surface area contributed by atoms with Crippen molar-refractivity contribution in [2.45, 2.75) is 0 Å². The van der Waals surface area contributed by atoms with Crippen molar-refractivity contribution >= 4 is 43.6 Å². The zero-order chi connectivity index (χ0) is 11.4. The number of hydrogen-bond acceptors (Lipinski definition) is 2. The quantitative estimate of drug-likeness (QED) is 0.683. The summed E-state index contributed by atoms with van der Waals surface area (Å²) in [7, 11) is 0. The van der Waals surface area contributed by atoms with Gasteiger partial charge in [0.15, 0.2) is 5.78 Å². The molecule has 3 nitrogen and oxygen atoms in total. The van der Waals surface area contributed by atoms with Gasteiger partial charge in [-0.05, 0) is 24.3 Å². The zero-order valence-electron chi connectivity index (χ0n) is 7.41. The van der Waals surface area contributed by atoms with E-state index in [1.54, 1.807) is 18.2 Å². The number of allylic oxidation sites excluding steroid dienone is 1. The van der Waals surface area contributed by atoms with Crippen LogP contribution >= 0.6 is 31.9 Å². The minimum absolute atomic E-state index is 0.356. The van der Waals surface area contributed by atoms with E-state index in [0.29, 0.717) is 10.0 Å². The van der Waals surface area contributed by atoms with Gasteiger partial charge in [0.05, 0.1) is 0 Å². The molecular weight excluding hydrogens is 328 g/mol. The standard InChI is InChI=1S/C10H6Br2O3/c11-6-1-2-8(12)7(5-6)9(13)3-4-10(14)15/h1-5H,(H,14,15). The van der Waals surface area contributed by atoms with Crippen molar-refractivity contribution in [3.63, 3.8) is 0 Å². The molecular formula is C10H6Br2O3. The number of rotatable bonds is 3. The van der Waals surface area contributed by atoms with Gasteiger partial charge in [0.25, 0.3) is 0 Å². The van der Waals surface area contributed by atoms with E-state index in [0.717, 1.165) is 16.6 Å². The molecule has 0 amide bonds. The molecule has 0 heterocycles. The monoisotopic (exact) mass is 332 g/mol. The lowest BCUT2D eigenvalue weighted by atomic mass is 10.1. The zero-order valence-corrected chi connectivity index (χ0v) is 10.6. The number of carbonyl (C=O) groups is 2. The van der Waals surface area contributed by atoms with E-state index in [-0.39, 0.29) is 5.78 Å². The first-order chi connectivity index (χ1) is 7.00. The largest absolute Gasteiger partial charge is 0.478 e. The molecule has 0 aliphatic carbocycles. The first-order valence-corrected chi connectivity index (χ1v) is 5.49. The van der Waals surface area contributed by atoms with Crippen LogP contribution in [0.1, 0.15) is 10.4 Å². The van der Waals surface area contributed by atoms with Crippen molar-refractivity contribution in [2.75, 3.05) is 0 Å². The summed E-state index contributed by atoms with van der Waals surface area (Å²) in [6.07, 6.45) is 1.84. The first kappa shape index (κ1) is 12.1. The highest BCUT2D eigenvalue weighted by atomic mass is 79.9. The molecule has 0 aliphatic rings. The summed E-state index contributed by atoms with van der Waals surface area (Å²) in [6.45, 7) is 0. The Bertz CT molecular complexity index is 438. The van der Waals surface area contributed by atoms with E-state index in [1.165, 1.54) is 0 Å².